The van der Waals surface area contributed by atoms with Gasteiger partial charge in [0.2, 0.25) is 17.6 Å². The highest BCUT2D eigenvalue weighted by atomic mass is 32.2. The predicted octanol–water partition coefficient (Wildman–Crippen LogP) is 3.37. The van der Waals surface area contributed by atoms with Crippen LogP contribution in [0.5, 0.6) is 0 Å². The highest BCUT2D eigenvalue weighted by Gasteiger charge is 2.35. The van der Waals surface area contributed by atoms with E-state index in [0.29, 0.717) is 24.7 Å². The van der Waals surface area contributed by atoms with E-state index in [1.807, 2.05) is 42.7 Å². The molecule has 2 aromatic heterocycles. The number of hydrogen-bond acceptors (Lipinski definition) is 6. The van der Waals surface area contributed by atoms with Crippen molar-refractivity contribution in [1.29, 1.82) is 0 Å². The summed E-state index contributed by atoms with van der Waals surface area (Å²) in [5.74, 6) is 0.974. The number of nitrogens with zero attached hydrogens (tertiary/aromatic N) is 4. The molecule has 1 amide bonds. The Kier molecular flexibility index (Phi) is 4.23. The van der Waals surface area contributed by atoms with Gasteiger partial charge in [-0.1, -0.05) is 5.16 Å². The fourth-order valence-electron chi connectivity index (χ4n) is 2.90. The van der Waals surface area contributed by atoms with E-state index in [-0.39, 0.29) is 11.8 Å². The zero-order valence-corrected chi connectivity index (χ0v) is 14.4. The Balaban J connectivity index is 1.53. The molecule has 6 nitrogen and oxygen atoms in total. The Morgan fingerprint density at radius 3 is 2.80 bits per heavy atom. The van der Waals surface area contributed by atoms with Crippen molar-refractivity contribution < 1.29 is 9.32 Å². The van der Waals surface area contributed by atoms with Gasteiger partial charge in [0, 0.05) is 41.5 Å². The van der Waals surface area contributed by atoms with E-state index in [1.165, 1.54) is 4.90 Å². The number of rotatable bonds is 4. The molecular weight excluding hydrogens is 336 g/mol. The summed E-state index contributed by atoms with van der Waals surface area (Å²) in [5.41, 5.74) is 1.70. The lowest BCUT2D eigenvalue weighted by molar-refractivity contribution is -0.117. The summed E-state index contributed by atoms with van der Waals surface area (Å²) >= 11 is 1.68. The summed E-state index contributed by atoms with van der Waals surface area (Å²) in [4.78, 5) is 23.9. The maximum atomic E-state index is 12.4. The molecule has 4 rings (SSSR count). The second-order valence-electron chi connectivity index (χ2n) is 5.80. The van der Waals surface area contributed by atoms with Crippen molar-refractivity contribution in [2.24, 2.45) is 0 Å². The minimum absolute atomic E-state index is 0.0722. The normalized spacial score (nSPS) is 17.2. The molecule has 1 atom stereocenters. The van der Waals surface area contributed by atoms with Crippen LogP contribution >= 0.6 is 11.8 Å². The molecule has 3 heterocycles. The van der Waals surface area contributed by atoms with Crippen molar-refractivity contribution in [2.75, 3.05) is 17.7 Å². The first-order valence-corrected chi connectivity index (χ1v) is 9.15. The van der Waals surface area contributed by atoms with Crippen LogP contribution in [0.25, 0.3) is 11.4 Å². The molecule has 0 N–H and O–H groups in total. The fourth-order valence-corrected chi connectivity index (χ4v) is 3.31. The van der Waals surface area contributed by atoms with Gasteiger partial charge in [-0.15, -0.1) is 11.8 Å². The lowest BCUT2D eigenvalue weighted by Gasteiger charge is -2.16. The van der Waals surface area contributed by atoms with E-state index < -0.39 is 0 Å². The second kappa shape index (κ2) is 6.68. The van der Waals surface area contributed by atoms with Crippen LogP contribution in [0.3, 0.4) is 0 Å². The first-order chi connectivity index (χ1) is 12.2. The Bertz CT molecular complexity index is 880. The molecule has 1 fully saturated rings. The van der Waals surface area contributed by atoms with E-state index >= 15 is 0 Å². The first-order valence-electron chi connectivity index (χ1n) is 7.93. The largest absolute Gasteiger partial charge is 0.339 e. The zero-order valence-electron chi connectivity index (χ0n) is 13.6. The quantitative estimate of drug-likeness (QED) is 0.670. The van der Waals surface area contributed by atoms with Gasteiger partial charge in [-0.05, 0) is 42.7 Å². The van der Waals surface area contributed by atoms with Crippen LogP contribution in [0.1, 0.15) is 18.2 Å². The SMILES string of the molecule is CSc1ccc(N2CC(c3nc(-c4cccnc4)no3)CC2=O)cc1. The van der Waals surface area contributed by atoms with Gasteiger partial charge in [-0.2, -0.15) is 4.98 Å². The molecule has 1 saturated heterocycles. The number of hydrogen-bond donors (Lipinski definition) is 0. The van der Waals surface area contributed by atoms with Crippen molar-refractivity contribution in [2.45, 2.75) is 17.2 Å². The molecule has 0 aliphatic carbocycles. The van der Waals surface area contributed by atoms with Crippen molar-refractivity contribution in [3.8, 4) is 11.4 Å². The Hall–Kier alpha value is -2.67. The molecule has 0 radical (unpaired) electrons. The van der Waals surface area contributed by atoms with Crippen LogP contribution in [0.2, 0.25) is 0 Å². The molecule has 1 aliphatic heterocycles. The first kappa shape index (κ1) is 15.8. The third-order valence-corrected chi connectivity index (χ3v) is 4.96. The monoisotopic (exact) mass is 352 g/mol. The fraction of sp³-hybridized carbons (Fsp3) is 0.222. The molecule has 3 aromatic rings. The van der Waals surface area contributed by atoms with Gasteiger partial charge < -0.3 is 9.42 Å². The summed E-state index contributed by atoms with van der Waals surface area (Å²) in [6.07, 6.45) is 5.79. The van der Waals surface area contributed by atoms with E-state index in [0.717, 1.165) is 11.3 Å². The van der Waals surface area contributed by atoms with E-state index in [1.54, 1.807) is 29.1 Å². The van der Waals surface area contributed by atoms with Gasteiger partial charge >= 0.3 is 0 Å². The maximum absolute atomic E-state index is 12.4. The molecule has 0 saturated carbocycles. The van der Waals surface area contributed by atoms with Crippen LogP contribution < -0.4 is 4.90 Å². The third kappa shape index (κ3) is 3.15. The van der Waals surface area contributed by atoms with Crippen molar-refractivity contribution in [3.05, 3.63) is 54.7 Å². The lowest BCUT2D eigenvalue weighted by Crippen LogP contribution is -2.24. The van der Waals surface area contributed by atoms with Crippen LogP contribution in [0.4, 0.5) is 5.69 Å². The number of aromatic nitrogens is 3. The smallest absolute Gasteiger partial charge is 0.232 e. The Labute approximate surface area is 149 Å². The van der Waals surface area contributed by atoms with Gasteiger partial charge in [0.25, 0.3) is 0 Å². The second-order valence-corrected chi connectivity index (χ2v) is 6.68. The third-order valence-electron chi connectivity index (χ3n) is 4.22. The molecule has 0 bridgehead atoms. The van der Waals surface area contributed by atoms with Crippen LogP contribution in [0.15, 0.2) is 58.2 Å². The van der Waals surface area contributed by atoms with Crippen molar-refractivity contribution in [3.63, 3.8) is 0 Å². The Morgan fingerprint density at radius 2 is 2.08 bits per heavy atom. The highest BCUT2D eigenvalue weighted by Crippen LogP contribution is 2.32. The van der Waals surface area contributed by atoms with E-state index in [4.69, 9.17) is 4.52 Å². The van der Waals surface area contributed by atoms with E-state index in [2.05, 4.69) is 15.1 Å². The molecule has 1 aromatic carbocycles. The molecule has 0 spiro atoms. The van der Waals surface area contributed by atoms with Crippen molar-refractivity contribution >= 4 is 23.4 Å². The summed E-state index contributed by atoms with van der Waals surface area (Å²) in [7, 11) is 0. The average Bonchev–Trinajstić information content (AvgIpc) is 3.29. The highest BCUT2D eigenvalue weighted by molar-refractivity contribution is 7.98. The van der Waals surface area contributed by atoms with Gasteiger partial charge in [-0.25, -0.2) is 0 Å². The summed E-state index contributed by atoms with van der Waals surface area (Å²) in [5, 5.41) is 4.02. The maximum Gasteiger partial charge on any atom is 0.232 e. The lowest BCUT2D eigenvalue weighted by atomic mass is 10.1. The molecule has 1 aliphatic rings. The zero-order chi connectivity index (χ0) is 17.2. The van der Waals surface area contributed by atoms with E-state index in [9.17, 15) is 4.79 Å². The number of benzene rings is 1. The topological polar surface area (TPSA) is 72.1 Å². The van der Waals surface area contributed by atoms with Crippen molar-refractivity contribution in [1.82, 2.24) is 15.1 Å². The van der Waals surface area contributed by atoms with Crippen LogP contribution in [0, 0.1) is 0 Å². The van der Waals surface area contributed by atoms with Gasteiger partial charge in [0.1, 0.15) is 0 Å². The number of amides is 1. The summed E-state index contributed by atoms with van der Waals surface area (Å²) in [6, 6.07) is 11.7. The minimum atomic E-state index is -0.0920. The van der Waals surface area contributed by atoms with Crippen LogP contribution in [-0.4, -0.2) is 33.8 Å². The number of thioether (sulfide) groups is 1. The van der Waals surface area contributed by atoms with Crippen LogP contribution in [-0.2, 0) is 4.79 Å². The molecule has 7 heteroatoms. The molecule has 1 unspecified atom stereocenters. The number of carbonyl (C=O) groups excluding carboxylic acids is 1. The van der Waals surface area contributed by atoms with Gasteiger partial charge in [0.05, 0.1) is 5.92 Å². The number of anilines is 1. The number of carbonyl (C=O) groups is 1. The minimum Gasteiger partial charge on any atom is -0.339 e. The number of pyridine rings is 1. The van der Waals surface area contributed by atoms with Gasteiger partial charge in [-0.3, -0.25) is 9.78 Å². The molecule has 126 valence electrons. The van der Waals surface area contributed by atoms with Gasteiger partial charge in [0.15, 0.2) is 0 Å². The molecular formula is C18H16N4O2S. The standard InChI is InChI=1S/C18H16N4O2S/c1-25-15-6-4-14(5-7-15)22-11-13(9-16(22)23)18-20-17(21-24-18)12-3-2-8-19-10-12/h2-8,10,13H,9,11H2,1H3. The summed E-state index contributed by atoms with van der Waals surface area (Å²) < 4.78 is 5.40. The predicted molar refractivity (Wildman–Crippen MR) is 95.5 cm³/mol. The average molecular weight is 352 g/mol. The summed E-state index contributed by atoms with van der Waals surface area (Å²) in [6.45, 7) is 0.548. The Morgan fingerprint density at radius 1 is 1.24 bits per heavy atom. The molecule has 25 heavy (non-hydrogen) atoms.